The molecule has 3 aliphatic rings. The number of hydrogen-bond donors (Lipinski definition) is 14. The lowest BCUT2D eigenvalue weighted by atomic mass is 9.82. The lowest BCUT2D eigenvalue weighted by Crippen LogP contribution is -2.64. The Morgan fingerprint density at radius 2 is 1.31 bits per heavy atom. The van der Waals surface area contributed by atoms with Crippen LogP contribution in [0.1, 0.15) is 79.1 Å². The highest BCUT2D eigenvalue weighted by Crippen LogP contribution is 2.38. The molecular formula is C51H81N3O18. The van der Waals surface area contributed by atoms with E-state index >= 15 is 0 Å². The van der Waals surface area contributed by atoms with Crippen LogP contribution < -0.4 is 16.4 Å². The zero-order valence-electron chi connectivity index (χ0n) is 41.6. The van der Waals surface area contributed by atoms with Crippen molar-refractivity contribution in [3.8, 4) is 0 Å². The normalized spacial score (nSPS) is 42.1. The Morgan fingerprint density at radius 3 is 1.90 bits per heavy atom. The molecule has 2 fully saturated rings. The molecule has 408 valence electrons. The minimum Gasteiger partial charge on any atom is -0.462 e. The molecule has 2 bridgehead atoms. The van der Waals surface area contributed by atoms with E-state index in [1.807, 2.05) is 13.0 Å². The van der Waals surface area contributed by atoms with Crippen molar-refractivity contribution in [2.24, 2.45) is 23.5 Å². The van der Waals surface area contributed by atoms with Crippen LogP contribution in [0.2, 0.25) is 0 Å². The van der Waals surface area contributed by atoms with Crippen molar-refractivity contribution < 1.29 is 89.5 Å². The first-order chi connectivity index (χ1) is 34.1. The van der Waals surface area contributed by atoms with Crippen LogP contribution in [-0.2, 0) is 33.3 Å². The minimum atomic E-state index is -2.34. The maximum absolute atomic E-state index is 13.5. The van der Waals surface area contributed by atoms with Crippen molar-refractivity contribution in [2.75, 3.05) is 19.7 Å². The number of fused-ring (bicyclic) bond motifs is 2. The van der Waals surface area contributed by atoms with Gasteiger partial charge in [0.25, 0.3) is 0 Å². The van der Waals surface area contributed by atoms with Gasteiger partial charge in [-0.1, -0.05) is 98.9 Å². The third-order valence-electron chi connectivity index (χ3n) is 12.9. The first-order valence-electron chi connectivity index (χ1n) is 24.7. The molecule has 0 unspecified atom stereocenters. The summed E-state index contributed by atoms with van der Waals surface area (Å²) in [4.78, 5) is 38.5. The zero-order chi connectivity index (χ0) is 53.5. The summed E-state index contributed by atoms with van der Waals surface area (Å²) in [5.74, 6) is -6.66. The molecule has 3 rings (SSSR count). The average molecular weight is 1020 g/mol. The summed E-state index contributed by atoms with van der Waals surface area (Å²) in [5.41, 5.74) is 5.47. The number of cyclic esters (lactones) is 1. The summed E-state index contributed by atoms with van der Waals surface area (Å²) < 4.78 is 23.7. The number of aliphatic hydroxyl groups excluding tert-OH is 10. The molecule has 21 nitrogen and oxygen atoms in total. The number of amides is 2. The van der Waals surface area contributed by atoms with Gasteiger partial charge in [0.05, 0.1) is 92.6 Å². The van der Waals surface area contributed by atoms with Gasteiger partial charge >= 0.3 is 5.97 Å². The summed E-state index contributed by atoms with van der Waals surface area (Å²) in [6, 6.07) is -1.28. The van der Waals surface area contributed by atoms with Gasteiger partial charge in [0.15, 0.2) is 12.1 Å². The van der Waals surface area contributed by atoms with Crippen LogP contribution >= 0.6 is 0 Å². The van der Waals surface area contributed by atoms with Crippen molar-refractivity contribution in [2.45, 2.75) is 177 Å². The van der Waals surface area contributed by atoms with Crippen molar-refractivity contribution in [3.63, 3.8) is 0 Å². The van der Waals surface area contributed by atoms with Gasteiger partial charge in [-0.15, -0.1) is 0 Å². The van der Waals surface area contributed by atoms with Crippen molar-refractivity contribution >= 4 is 17.8 Å². The summed E-state index contributed by atoms with van der Waals surface area (Å²) in [6.45, 7) is 5.63. The van der Waals surface area contributed by atoms with E-state index < -0.39 is 166 Å². The number of rotatable bonds is 7. The predicted molar refractivity (Wildman–Crippen MR) is 262 cm³/mol. The first kappa shape index (κ1) is 62.3. The molecule has 0 aliphatic carbocycles. The van der Waals surface area contributed by atoms with Gasteiger partial charge < -0.3 is 91.5 Å². The van der Waals surface area contributed by atoms with E-state index in [1.54, 1.807) is 86.8 Å². The monoisotopic (exact) mass is 1020 g/mol. The third-order valence-corrected chi connectivity index (χ3v) is 12.9. The molecule has 72 heavy (non-hydrogen) atoms. The lowest BCUT2D eigenvalue weighted by molar-refractivity contribution is -0.307. The molecule has 3 heterocycles. The standard InChI is InChI=1S/C51H81N3O18/c1-30-17-15-13-11-9-7-5-6-8-10-12-14-16-18-37(71-50-48(66)45(54-42(62)29-52)47(65)33(4)70-50)26-41-44(49(67)53-21-22-55)40(61)28-51(68,72-41)27-36(58)24-39(60)38(59)20-19-34(56)23-35(57)25-43(63)69-32(3)31(2)46(30)64/h5-18,30-41,44-48,50,55-61,64-66,68H,19-29,52H2,1-4H3,(H,53,67)(H,54,62)/b6-5-,9-7-,10-8-,13-11-,14-12-,17-15-,18-16+/t30-,31-,32-,33+,34+,35+,36-,37-,38+,39+,40-,41-,44+,45-,46+,47+,48-,50-,51+/m0/s1. The molecule has 0 radical (unpaired) electrons. The molecule has 15 N–H and O–H groups in total. The van der Waals surface area contributed by atoms with Gasteiger partial charge in [0, 0.05) is 44.1 Å². The quantitative estimate of drug-likeness (QED) is 0.134. The fourth-order valence-electron chi connectivity index (χ4n) is 8.67. The Morgan fingerprint density at radius 1 is 0.708 bits per heavy atom. The highest BCUT2D eigenvalue weighted by atomic mass is 16.7. The number of esters is 1. The summed E-state index contributed by atoms with van der Waals surface area (Å²) in [7, 11) is 0. The number of carbonyl (C=O) groups is 3. The highest BCUT2D eigenvalue weighted by Gasteiger charge is 2.51. The van der Waals surface area contributed by atoms with Gasteiger partial charge in [-0.3, -0.25) is 14.4 Å². The number of nitrogens with two attached hydrogens (primary N) is 1. The molecule has 3 aliphatic heterocycles. The molecule has 2 amide bonds. The lowest BCUT2D eigenvalue weighted by Gasteiger charge is -2.46. The van der Waals surface area contributed by atoms with E-state index in [9.17, 15) is 70.6 Å². The smallest absolute Gasteiger partial charge is 0.308 e. The Balaban J connectivity index is 1.96. The van der Waals surface area contributed by atoms with Gasteiger partial charge in [0.1, 0.15) is 18.3 Å². The molecule has 19 atom stereocenters. The Hall–Kier alpha value is -4.01. The third kappa shape index (κ3) is 21.1. The van der Waals surface area contributed by atoms with Crippen LogP contribution in [0.15, 0.2) is 85.1 Å². The molecule has 2 saturated heterocycles. The molecule has 0 aromatic rings. The van der Waals surface area contributed by atoms with E-state index in [0.717, 1.165) is 0 Å². The Kier molecular flexibility index (Phi) is 27.4. The van der Waals surface area contributed by atoms with Gasteiger partial charge in [-0.05, 0) is 33.1 Å². The van der Waals surface area contributed by atoms with E-state index in [2.05, 4.69) is 10.6 Å². The van der Waals surface area contributed by atoms with Crippen LogP contribution in [0.25, 0.3) is 0 Å². The number of aliphatic hydroxyl groups is 11. The second-order valence-corrected chi connectivity index (χ2v) is 19.0. The summed E-state index contributed by atoms with van der Waals surface area (Å²) >= 11 is 0. The number of nitrogens with one attached hydrogen (secondary N) is 2. The Labute approximate surface area is 421 Å². The van der Waals surface area contributed by atoms with Crippen LogP contribution in [0.5, 0.6) is 0 Å². The van der Waals surface area contributed by atoms with Gasteiger partial charge in [0.2, 0.25) is 11.8 Å². The second-order valence-electron chi connectivity index (χ2n) is 19.0. The number of allylic oxidation sites excluding steroid dienone is 12. The molecule has 0 saturated carbocycles. The van der Waals surface area contributed by atoms with Gasteiger partial charge in [-0.2, -0.15) is 0 Å². The van der Waals surface area contributed by atoms with Crippen LogP contribution in [0, 0.1) is 17.8 Å². The van der Waals surface area contributed by atoms with E-state index in [4.69, 9.17) is 24.7 Å². The molecular weight excluding hydrogens is 943 g/mol. The van der Waals surface area contributed by atoms with Crippen LogP contribution in [-0.4, -0.2) is 191 Å². The summed E-state index contributed by atoms with van der Waals surface area (Å²) in [6.07, 6.45) is 2.73. The molecule has 0 aromatic carbocycles. The number of hydrogen-bond acceptors (Lipinski definition) is 19. The predicted octanol–water partition coefficient (Wildman–Crippen LogP) is -1.15. The topological polar surface area (TPSA) is 361 Å². The number of carbonyl (C=O) groups excluding carboxylic acids is 3. The minimum absolute atomic E-state index is 0.121. The highest BCUT2D eigenvalue weighted by molar-refractivity contribution is 5.80. The molecule has 0 spiro atoms. The second kappa shape index (κ2) is 31.7. The maximum atomic E-state index is 13.5. The van der Waals surface area contributed by atoms with E-state index in [1.165, 1.54) is 13.0 Å². The van der Waals surface area contributed by atoms with Crippen molar-refractivity contribution in [3.05, 3.63) is 85.1 Å². The van der Waals surface area contributed by atoms with Gasteiger partial charge in [-0.25, -0.2) is 0 Å². The molecule has 0 aromatic heterocycles. The average Bonchev–Trinajstić information content (AvgIpc) is 3.31. The SMILES string of the molecule is C[C@@H]1[C@H](O)[C@@H](C)\C=C/C=C\C=C/C=C\C=C/C=C\C=C\[C@H](O[C@@H]2O[C@H](C)[C@@H](O)[C@H](NC(=O)CN)[C@@H]2O)C[C@@H]2O[C@](O)(C[C@@H](O)C[C@@H](O)[C@H](O)CC[C@@H](O)C[C@@H](O)CC(=O)O[C@H]1C)C[C@H](O)[C@H]2C(=O)NCCO. The van der Waals surface area contributed by atoms with Crippen molar-refractivity contribution in [1.82, 2.24) is 10.6 Å². The van der Waals surface area contributed by atoms with E-state index in [0.29, 0.717) is 0 Å². The van der Waals surface area contributed by atoms with Crippen LogP contribution in [0.3, 0.4) is 0 Å². The number of ether oxygens (including phenoxy) is 4. The fraction of sp³-hybridized carbons (Fsp3) is 0.667. The van der Waals surface area contributed by atoms with E-state index in [-0.39, 0.29) is 38.1 Å². The largest absolute Gasteiger partial charge is 0.462 e. The fourth-order valence-corrected chi connectivity index (χ4v) is 8.67. The van der Waals surface area contributed by atoms with Crippen molar-refractivity contribution in [1.29, 1.82) is 0 Å². The first-order valence-corrected chi connectivity index (χ1v) is 24.7. The van der Waals surface area contributed by atoms with Crippen LogP contribution in [0.4, 0.5) is 0 Å². The Bertz CT molecular complexity index is 1860. The zero-order valence-corrected chi connectivity index (χ0v) is 41.6. The molecule has 21 heteroatoms. The maximum Gasteiger partial charge on any atom is 0.308 e. The summed E-state index contributed by atoms with van der Waals surface area (Å²) in [5, 5.41) is 125.